The predicted octanol–water partition coefficient (Wildman–Crippen LogP) is 2.13. The molecule has 0 amide bonds. The van der Waals surface area contributed by atoms with Crippen molar-refractivity contribution >= 4 is 21.7 Å². The van der Waals surface area contributed by atoms with Gasteiger partial charge in [-0.05, 0) is 35.4 Å². The Labute approximate surface area is 121 Å². The number of phenols is 1. The third-order valence-corrected chi connectivity index (χ3v) is 3.33. The summed E-state index contributed by atoms with van der Waals surface area (Å²) in [4.78, 5) is 10.8. The molecule has 0 aliphatic rings. The van der Waals surface area contributed by atoms with Crippen molar-refractivity contribution in [2.45, 2.75) is 0 Å². The summed E-state index contributed by atoms with van der Waals surface area (Å²) in [6, 6.07) is 10.7. The Balaban J connectivity index is 2.41. The van der Waals surface area contributed by atoms with Gasteiger partial charge < -0.3 is 10.2 Å². The van der Waals surface area contributed by atoms with Crippen LogP contribution in [-0.2, 0) is 10.0 Å². The van der Waals surface area contributed by atoms with Crippen molar-refractivity contribution in [3.05, 3.63) is 48.0 Å². The minimum Gasteiger partial charge on any atom is -0.507 e. The van der Waals surface area contributed by atoms with Crippen molar-refractivity contribution in [2.24, 2.45) is 0 Å². The third kappa shape index (κ3) is 3.73. The van der Waals surface area contributed by atoms with E-state index in [1.807, 2.05) is 0 Å². The van der Waals surface area contributed by atoms with Crippen LogP contribution in [0.3, 0.4) is 0 Å². The van der Waals surface area contributed by atoms with Gasteiger partial charge in [0.1, 0.15) is 11.3 Å². The zero-order valence-corrected chi connectivity index (χ0v) is 11.9. The molecule has 0 unspecified atom stereocenters. The van der Waals surface area contributed by atoms with Gasteiger partial charge in [0.05, 0.1) is 6.26 Å². The van der Waals surface area contributed by atoms with Gasteiger partial charge in [-0.25, -0.2) is 13.2 Å². The van der Waals surface area contributed by atoms with Crippen LogP contribution in [0.15, 0.2) is 42.5 Å². The molecule has 0 heterocycles. The van der Waals surface area contributed by atoms with Crippen molar-refractivity contribution < 1.29 is 23.4 Å². The molecule has 0 aliphatic carbocycles. The molecule has 2 rings (SSSR count). The summed E-state index contributed by atoms with van der Waals surface area (Å²) in [5.41, 5.74) is 1.42. The molecular formula is C14H13NO5S. The second-order valence-corrected chi connectivity index (χ2v) is 6.24. The third-order valence-electron chi connectivity index (χ3n) is 2.73. The molecule has 0 saturated heterocycles. The van der Waals surface area contributed by atoms with E-state index in [0.29, 0.717) is 16.8 Å². The summed E-state index contributed by atoms with van der Waals surface area (Å²) < 4.78 is 24.8. The van der Waals surface area contributed by atoms with Gasteiger partial charge in [0.25, 0.3) is 0 Å². The number of hydrogen-bond acceptors (Lipinski definition) is 4. The average Bonchev–Trinajstić information content (AvgIpc) is 2.36. The van der Waals surface area contributed by atoms with Crippen LogP contribution in [0.5, 0.6) is 5.75 Å². The Morgan fingerprint density at radius 3 is 2.33 bits per heavy atom. The highest BCUT2D eigenvalue weighted by Crippen LogP contribution is 2.28. The van der Waals surface area contributed by atoms with Crippen LogP contribution < -0.4 is 4.72 Å². The van der Waals surface area contributed by atoms with Gasteiger partial charge in [-0.2, -0.15) is 0 Å². The molecule has 2 aromatic rings. The fraction of sp³-hybridized carbons (Fsp3) is 0.0714. The molecule has 0 aliphatic heterocycles. The van der Waals surface area contributed by atoms with Crippen LogP contribution in [0, 0.1) is 0 Å². The number of aromatic carboxylic acids is 1. The number of anilines is 1. The van der Waals surface area contributed by atoms with Crippen LogP contribution in [0.1, 0.15) is 10.4 Å². The standard InChI is InChI=1S/C14H13NO5S/c1-21(19,20)15-11-4-2-3-9(7-11)10-5-6-12(14(17)18)13(16)8-10/h2-8,15-16H,1H3,(H,17,18). The number of hydrogen-bond donors (Lipinski definition) is 3. The van der Waals surface area contributed by atoms with Gasteiger partial charge in [0, 0.05) is 5.69 Å². The Hall–Kier alpha value is -2.54. The lowest BCUT2D eigenvalue weighted by molar-refractivity contribution is 0.0694. The molecular weight excluding hydrogens is 294 g/mol. The van der Waals surface area contributed by atoms with E-state index in [1.165, 1.54) is 12.1 Å². The molecule has 6 nitrogen and oxygen atoms in total. The largest absolute Gasteiger partial charge is 0.507 e. The molecule has 3 N–H and O–H groups in total. The number of carboxylic acid groups (broad SMARTS) is 1. The highest BCUT2D eigenvalue weighted by atomic mass is 32.2. The summed E-state index contributed by atoms with van der Waals surface area (Å²) in [6.45, 7) is 0. The molecule has 21 heavy (non-hydrogen) atoms. The number of benzene rings is 2. The van der Waals surface area contributed by atoms with E-state index in [2.05, 4.69) is 4.72 Å². The molecule has 0 aromatic heterocycles. The minimum atomic E-state index is -3.38. The van der Waals surface area contributed by atoms with E-state index in [1.54, 1.807) is 30.3 Å². The summed E-state index contributed by atoms with van der Waals surface area (Å²) in [7, 11) is -3.38. The molecule has 0 bridgehead atoms. The number of carbonyl (C=O) groups is 1. The lowest BCUT2D eigenvalue weighted by Gasteiger charge is -2.08. The van der Waals surface area contributed by atoms with E-state index >= 15 is 0 Å². The van der Waals surface area contributed by atoms with Crippen LogP contribution in [0.4, 0.5) is 5.69 Å². The van der Waals surface area contributed by atoms with Gasteiger partial charge in [-0.15, -0.1) is 0 Å². The summed E-state index contributed by atoms with van der Waals surface area (Å²) >= 11 is 0. The first-order valence-corrected chi connectivity index (χ1v) is 7.80. The van der Waals surface area contributed by atoms with E-state index in [0.717, 1.165) is 6.26 Å². The molecule has 0 spiro atoms. The molecule has 110 valence electrons. The minimum absolute atomic E-state index is 0.191. The number of nitrogens with one attached hydrogen (secondary N) is 1. The number of carboxylic acids is 1. The van der Waals surface area contributed by atoms with E-state index in [4.69, 9.17) is 5.11 Å². The van der Waals surface area contributed by atoms with Crippen molar-refractivity contribution in [1.29, 1.82) is 0 Å². The maximum atomic E-state index is 11.2. The first-order chi connectivity index (χ1) is 9.76. The predicted molar refractivity (Wildman–Crippen MR) is 79.0 cm³/mol. The Bertz CT molecular complexity index is 799. The van der Waals surface area contributed by atoms with Crippen molar-refractivity contribution in [1.82, 2.24) is 0 Å². The van der Waals surface area contributed by atoms with Crippen LogP contribution in [-0.4, -0.2) is 30.9 Å². The first-order valence-electron chi connectivity index (χ1n) is 5.91. The Morgan fingerprint density at radius 1 is 1.10 bits per heavy atom. The Morgan fingerprint density at radius 2 is 1.76 bits per heavy atom. The van der Waals surface area contributed by atoms with Gasteiger partial charge in [-0.3, -0.25) is 4.72 Å². The van der Waals surface area contributed by atoms with Gasteiger partial charge in [-0.1, -0.05) is 18.2 Å². The van der Waals surface area contributed by atoms with Crippen molar-refractivity contribution in [3.8, 4) is 16.9 Å². The Kier molecular flexibility index (Phi) is 3.86. The smallest absolute Gasteiger partial charge is 0.339 e. The second-order valence-electron chi connectivity index (χ2n) is 4.49. The highest BCUT2D eigenvalue weighted by Gasteiger charge is 2.11. The SMILES string of the molecule is CS(=O)(=O)Nc1cccc(-c2ccc(C(=O)O)c(O)c2)c1. The highest BCUT2D eigenvalue weighted by molar-refractivity contribution is 7.92. The van der Waals surface area contributed by atoms with Crippen LogP contribution in [0.25, 0.3) is 11.1 Å². The first kappa shape index (κ1) is 14.9. The fourth-order valence-corrected chi connectivity index (χ4v) is 2.42. The number of sulfonamides is 1. The number of rotatable bonds is 4. The fourth-order valence-electron chi connectivity index (χ4n) is 1.87. The summed E-state index contributed by atoms with van der Waals surface area (Å²) in [5.74, 6) is -1.56. The molecule has 0 fully saturated rings. The monoisotopic (exact) mass is 307 g/mol. The maximum Gasteiger partial charge on any atom is 0.339 e. The number of aromatic hydroxyl groups is 1. The van der Waals surface area contributed by atoms with Crippen LogP contribution in [0.2, 0.25) is 0 Å². The summed E-state index contributed by atoms with van der Waals surface area (Å²) in [5, 5.41) is 18.5. The lowest BCUT2D eigenvalue weighted by Crippen LogP contribution is -2.09. The van der Waals surface area contributed by atoms with E-state index in [9.17, 15) is 18.3 Å². The summed E-state index contributed by atoms with van der Waals surface area (Å²) in [6.07, 6.45) is 1.05. The molecule has 0 radical (unpaired) electrons. The molecule has 0 atom stereocenters. The molecule has 7 heteroatoms. The topological polar surface area (TPSA) is 104 Å². The van der Waals surface area contributed by atoms with Gasteiger partial charge in [0.15, 0.2) is 0 Å². The van der Waals surface area contributed by atoms with Crippen LogP contribution >= 0.6 is 0 Å². The van der Waals surface area contributed by atoms with Crippen molar-refractivity contribution in [3.63, 3.8) is 0 Å². The molecule has 2 aromatic carbocycles. The second kappa shape index (κ2) is 5.45. The normalized spacial score (nSPS) is 11.1. The quantitative estimate of drug-likeness (QED) is 0.802. The zero-order valence-electron chi connectivity index (χ0n) is 11.1. The van der Waals surface area contributed by atoms with Crippen molar-refractivity contribution in [2.75, 3.05) is 11.0 Å². The average molecular weight is 307 g/mol. The maximum absolute atomic E-state index is 11.2. The van der Waals surface area contributed by atoms with Gasteiger partial charge >= 0.3 is 5.97 Å². The van der Waals surface area contributed by atoms with E-state index < -0.39 is 16.0 Å². The van der Waals surface area contributed by atoms with Gasteiger partial charge in [0.2, 0.25) is 10.0 Å². The molecule has 0 saturated carbocycles. The van der Waals surface area contributed by atoms with E-state index in [-0.39, 0.29) is 11.3 Å². The zero-order chi connectivity index (χ0) is 15.6. The lowest BCUT2D eigenvalue weighted by atomic mass is 10.0.